The first-order chi connectivity index (χ1) is 14.7. The Bertz CT molecular complexity index is 725. The average Bonchev–Trinajstić information content (AvgIpc) is 2.74. The van der Waals surface area contributed by atoms with Crippen LogP contribution < -0.4 is 16.0 Å². The summed E-state index contributed by atoms with van der Waals surface area (Å²) in [5.74, 6) is -2.13. The fraction of sp³-hybridized carbons (Fsp3) is 0.524. The Morgan fingerprint density at radius 2 is 1.71 bits per heavy atom. The summed E-state index contributed by atoms with van der Waals surface area (Å²) < 4.78 is 9.80. The van der Waals surface area contributed by atoms with Gasteiger partial charge >= 0.3 is 24.1 Å². The lowest BCUT2D eigenvalue weighted by Gasteiger charge is -2.21. The lowest BCUT2D eigenvalue weighted by Crippen LogP contribution is -2.52. The van der Waals surface area contributed by atoms with Crippen molar-refractivity contribution in [2.45, 2.75) is 51.8 Å². The summed E-state index contributed by atoms with van der Waals surface area (Å²) in [4.78, 5) is 46.9. The molecule has 0 saturated heterocycles. The number of unbranched alkanes of at least 4 members (excludes halogenated alkanes) is 1. The van der Waals surface area contributed by atoms with Crippen LogP contribution in [-0.4, -0.2) is 54.9 Å². The zero-order valence-electron chi connectivity index (χ0n) is 18.1. The van der Waals surface area contributed by atoms with Gasteiger partial charge in [0.15, 0.2) is 0 Å². The van der Waals surface area contributed by atoms with E-state index in [2.05, 4.69) is 16.0 Å². The second kappa shape index (κ2) is 13.8. The Morgan fingerprint density at radius 1 is 1.03 bits per heavy atom. The highest BCUT2D eigenvalue weighted by Gasteiger charge is 2.26. The predicted octanol–water partition coefficient (Wildman–Crippen LogP) is 2.03. The van der Waals surface area contributed by atoms with Crippen molar-refractivity contribution in [2.75, 3.05) is 13.7 Å². The highest BCUT2D eigenvalue weighted by Crippen LogP contribution is 2.05. The number of rotatable bonds is 12. The van der Waals surface area contributed by atoms with E-state index in [9.17, 15) is 19.2 Å². The van der Waals surface area contributed by atoms with E-state index in [0.29, 0.717) is 19.4 Å². The molecule has 0 heterocycles. The summed E-state index contributed by atoms with van der Waals surface area (Å²) in [5.41, 5.74) is 0.880. The van der Waals surface area contributed by atoms with Crippen LogP contribution >= 0.6 is 0 Å². The number of alkyl carbamates (subject to hydrolysis) is 1. The topological polar surface area (TPSA) is 143 Å². The normalized spacial score (nSPS) is 12.4. The average molecular weight is 437 g/mol. The quantitative estimate of drug-likeness (QED) is 0.289. The highest BCUT2D eigenvalue weighted by atomic mass is 16.5. The van der Waals surface area contributed by atoms with E-state index >= 15 is 0 Å². The van der Waals surface area contributed by atoms with E-state index in [-0.39, 0.29) is 18.9 Å². The summed E-state index contributed by atoms with van der Waals surface area (Å²) in [6, 6.07) is 6.51. The summed E-state index contributed by atoms with van der Waals surface area (Å²) >= 11 is 0. The second-order valence-corrected chi connectivity index (χ2v) is 7.24. The Hall–Kier alpha value is -3.30. The van der Waals surface area contributed by atoms with Crippen LogP contribution in [0, 0.1) is 5.92 Å². The number of urea groups is 1. The van der Waals surface area contributed by atoms with Gasteiger partial charge in [0.05, 0.1) is 7.11 Å². The number of carbonyl (C=O) groups excluding carboxylic acids is 3. The molecular weight excluding hydrogens is 406 g/mol. The van der Waals surface area contributed by atoms with Crippen LogP contribution in [0.1, 0.15) is 38.7 Å². The van der Waals surface area contributed by atoms with Crippen LogP contribution in [0.3, 0.4) is 0 Å². The molecule has 0 spiro atoms. The number of carbonyl (C=O) groups is 4. The molecule has 0 unspecified atom stereocenters. The minimum atomic E-state index is -1.16. The molecule has 0 aliphatic carbocycles. The molecule has 2 atom stereocenters. The maximum absolute atomic E-state index is 12.1. The molecule has 4 N–H and O–H groups in total. The summed E-state index contributed by atoms with van der Waals surface area (Å²) in [7, 11) is 1.20. The Kier molecular flexibility index (Phi) is 11.5. The molecule has 1 aromatic carbocycles. The summed E-state index contributed by atoms with van der Waals surface area (Å²) in [6.45, 7) is 3.83. The number of nitrogens with one attached hydrogen (secondary N) is 3. The number of amides is 3. The van der Waals surface area contributed by atoms with Crippen molar-refractivity contribution in [1.82, 2.24) is 16.0 Å². The van der Waals surface area contributed by atoms with Gasteiger partial charge in [-0.25, -0.2) is 19.2 Å². The van der Waals surface area contributed by atoms with Crippen molar-refractivity contribution >= 4 is 24.1 Å². The Labute approximate surface area is 181 Å². The molecule has 0 saturated carbocycles. The summed E-state index contributed by atoms with van der Waals surface area (Å²) in [5, 5.41) is 16.6. The van der Waals surface area contributed by atoms with Gasteiger partial charge in [-0.2, -0.15) is 0 Å². The number of hydrogen-bond donors (Lipinski definition) is 4. The van der Waals surface area contributed by atoms with E-state index in [1.807, 2.05) is 30.3 Å². The number of carboxylic acids is 1. The SMILES string of the molecule is COC(=O)[C@H](CCCCNC(=O)OCc1ccccc1)NC(=O)N[C@H](C(=O)O)C(C)C. The van der Waals surface area contributed by atoms with Gasteiger partial charge in [-0.05, 0) is 30.7 Å². The number of ether oxygens (including phenoxy) is 2. The molecule has 1 rings (SSSR count). The van der Waals surface area contributed by atoms with Crippen molar-refractivity contribution < 1.29 is 33.8 Å². The molecule has 10 nitrogen and oxygen atoms in total. The fourth-order valence-electron chi connectivity index (χ4n) is 2.68. The van der Waals surface area contributed by atoms with Crippen LogP contribution in [0.15, 0.2) is 30.3 Å². The van der Waals surface area contributed by atoms with E-state index in [4.69, 9.17) is 14.6 Å². The molecule has 0 bridgehead atoms. The number of aliphatic carboxylic acids is 1. The fourth-order valence-corrected chi connectivity index (χ4v) is 2.68. The van der Waals surface area contributed by atoms with E-state index in [1.54, 1.807) is 13.8 Å². The number of esters is 1. The molecule has 10 heteroatoms. The monoisotopic (exact) mass is 437 g/mol. The first-order valence-corrected chi connectivity index (χ1v) is 10.1. The second-order valence-electron chi connectivity index (χ2n) is 7.24. The molecule has 1 aromatic rings. The van der Waals surface area contributed by atoms with E-state index in [0.717, 1.165) is 5.56 Å². The minimum Gasteiger partial charge on any atom is -0.480 e. The van der Waals surface area contributed by atoms with Gasteiger partial charge in [0.25, 0.3) is 0 Å². The lowest BCUT2D eigenvalue weighted by atomic mass is 10.1. The van der Waals surface area contributed by atoms with Gasteiger partial charge in [0.2, 0.25) is 0 Å². The Balaban J connectivity index is 2.35. The largest absolute Gasteiger partial charge is 0.480 e. The van der Waals surface area contributed by atoms with Gasteiger partial charge in [-0.3, -0.25) is 0 Å². The predicted molar refractivity (Wildman–Crippen MR) is 112 cm³/mol. The van der Waals surface area contributed by atoms with Crippen molar-refractivity contribution in [3.05, 3.63) is 35.9 Å². The molecule has 31 heavy (non-hydrogen) atoms. The van der Waals surface area contributed by atoms with Crippen LogP contribution in [-0.2, 0) is 25.7 Å². The molecule has 0 aromatic heterocycles. The zero-order chi connectivity index (χ0) is 23.2. The first-order valence-electron chi connectivity index (χ1n) is 10.1. The molecule has 0 aliphatic heterocycles. The van der Waals surface area contributed by atoms with Gasteiger partial charge in [0.1, 0.15) is 18.7 Å². The van der Waals surface area contributed by atoms with Crippen LogP contribution in [0.5, 0.6) is 0 Å². The summed E-state index contributed by atoms with van der Waals surface area (Å²) in [6.07, 6.45) is 0.770. The minimum absolute atomic E-state index is 0.170. The third kappa shape index (κ3) is 10.3. The van der Waals surface area contributed by atoms with Crippen molar-refractivity contribution in [3.8, 4) is 0 Å². The smallest absolute Gasteiger partial charge is 0.407 e. The molecule has 172 valence electrons. The van der Waals surface area contributed by atoms with Crippen LogP contribution in [0.2, 0.25) is 0 Å². The molecular formula is C21H31N3O7. The number of methoxy groups -OCH3 is 1. The van der Waals surface area contributed by atoms with Gasteiger partial charge < -0.3 is 30.5 Å². The molecule has 0 aliphatic rings. The standard InChI is InChI=1S/C21H31N3O7/c1-14(2)17(18(25)26)24-20(28)23-16(19(27)30-3)11-7-8-12-22-21(29)31-13-15-9-5-4-6-10-15/h4-6,9-10,14,16-17H,7-8,11-13H2,1-3H3,(H,22,29)(H,25,26)(H2,23,24,28)/t16-,17-/m0/s1. The molecule has 0 radical (unpaired) electrons. The third-order valence-electron chi connectivity index (χ3n) is 4.41. The highest BCUT2D eigenvalue weighted by molar-refractivity contribution is 5.86. The third-order valence-corrected chi connectivity index (χ3v) is 4.41. The number of carboxylic acid groups (broad SMARTS) is 1. The van der Waals surface area contributed by atoms with E-state index < -0.39 is 36.1 Å². The Morgan fingerprint density at radius 3 is 2.29 bits per heavy atom. The van der Waals surface area contributed by atoms with Crippen LogP contribution in [0.25, 0.3) is 0 Å². The number of hydrogen-bond acceptors (Lipinski definition) is 6. The maximum atomic E-state index is 12.1. The maximum Gasteiger partial charge on any atom is 0.407 e. The zero-order valence-corrected chi connectivity index (χ0v) is 18.1. The van der Waals surface area contributed by atoms with Crippen molar-refractivity contribution in [2.24, 2.45) is 5.92 Å². The van der Waals surface area contributed by atoms with E-state index in [1.165, 1.54) is 7.11 Å². The molecule has 0 fully saturated rings. The van der Waals surface area contributed by atoms with Gasteiger partial charge in [0, 0.05) is 6.54 Å². The lowest BCUT2D eigenvalue weighted by molar-refractivity contribution is -0.143. The first kappa shape index (κ1) is 25.7. The van der Waals surface area contributed by atoms with Crippen molar-refractivity contribution in [1.29, 1.82) is 0 Å². The van der Waals surface area contributed by atoms with Gasteiger partial charge in [-0.1, -0.05) is 44.2 Å². The van der Waals surface area contributed by atoms with Crippen molar-refractivity contribution in [3.63, 3.8) is 0 Å². The van der Waals surface area contributed by atoms with Crippen LogP contribution in [0.4, 0.5) is 9.59 Å². The van der Waals surface area contributed by atoms with Gasteiger partial charge in [-0.15, -0.1) is 0 Å². The number of benzene rings is 1. The molecule has 3 amide bonds.